The maximum Gasteiger partial charge on any atom is 0.433 e. The van der Waals surface area contributed by atoms with E-state index in [0.717, 1.165) is 6.07 Å². The Labute approximate surface area is 140 Å². The first-order chi connectivity index (χ1) is 11.2. The fourth-order valence-corrected chi connectivity index (χ4v) is 2.25. The van der Waals surface area contributed by atoms with E-state index in [0.29, 0.717) is 5.56 Å². The highest BCUT2D eigenvalue weighted by atomic mass is 32.1. The van der Waals surface area contributed by atoms with Crippen LogP contribution in [0.25, 0.3) is 10.9 Å². The zero-order valence-electron chi connectivity index (χ0n) is 12.5. The summed E-state index contributed by atoms with van der Waals surface area (Å²) in [6.07, 6.45) is -4.63. The molecule has 1 aromatic carbocycles. The summed E-state index contributed by atoms with van der Waals surface area (Å²) in [6.45, 7) is 1.59. The number of benzene rings is 1. The van der Waals surface area contributed by atoms with Crippen molar-refractivity contribution in [3.05, 3.63) is 35.5 Å². The Morgan fingerprint density at radius 2 is 2.04 bits per heavy atom. The maximum atomic E-state index is 12.8. The van der Waals surface area contributed by atoms with Gasteiger partial charge in [0.05, 0.1) is 11.7 Å². The first-order valence-electron chi connectivity index (χ1n) is 6.83. The molecule has 0 aliphatic heterocycles. The molecule has 0 spiro atoms. The van der Waals surface area contributed by atoms with Gasteiger partial charge in [0.15, 0.2) is 0 Å². The van der Waals surface area contributed by atoms with Gasteiger partial charge in [-0.25, -0.2) is 4.98 Å². The van der Waals surface area contributed by atoms with Gasteiger partial charge in [0.2, 0.25) is 0 Å². The molecule has 128 valence electrons. The Balaban J connectivity index is 2.47. The molecule has 1 N–H and O–H groups in total. The lowest BCUT2D eigenvalue weighted by atomic mass is 10.1. The van der Waals surface area contributed by atoms with E-state index in [2.05, 4.69) is 22.6 Å². The second kappa shape index (κ2) is 7.08. The zero-order valence-corrected chi connectivity index (χ0v) is 13.4. The minimum absolute atomic E-state index is 0.120. The van der Waals surface area contributed by atoms with E-state index in [-0.39, 0.29) is 29.1 Å². The van der Waals surface area contributed by atoms with Crippen molar-refractivity contribution >= 4 is 34.5 Å². The number of aromatic hydroxyl groups is 1. The highest BCUT2D eigenvalue weighted by Gasteiger charge is 2.32. The number of phenolic OH excluding ortho intramolecular Hbond substituents is 1. The van der Waals surface area contributed by atoms with Crippen molar-refractivity contribution in [3.8, 4) is 5.75 Å². The molecule has 0 radical (unpaired) electrons. The number of aliphatic imine (C=N–C) groups is 1. The van der Waals surface area contributed by atoms with Crippen molar-refractivity contribution in [2.75, 3.05) is 13.2 Å². The third kappa shape index (κ3) is 3.97. The second-order valence-electron chi connectivity index (χ2n) is 4.67. The van der Waals surface area contributed by atoms with Crippen LogP contribution in [-0.4, -0.2) is 34.3 Å². The van der Waals surface area contributed by atoms with Gasteiger partial charge in [-0.2, -0.15) is 13.2 Å². The number of fused-ring (bicyclic) bond motifs is 1. The SMILES string of the molecule is CCOC(=O)C/N=C(\S)c1ccc(O)c2nc(C(F)(F)F)ccc12. The topological polar surface area (TPSA) is 71.8 Å². The molecule has 5 nitrogen and oxygen atoms in total. The number of esters is 1. The fourth-order valence-electron chi connectivity index (χ4n) is 1.99. The number of pyridine rings is 1. The predicted octanol–water partition coefficient (Wildman–Crippen LogP) is 3.20. The molecule has 0 aliphatic rings. The Bertz CT molecular complexity index is 806. The summed E-state index contributed by atoms with van der Waals surface area (Å²) in [5.74, 6) is -0.948. The van der Waals surface area contributed by atoms with Gasteiger partial charge < -0.3 is 9.84 Å². The third-order valence-corrected chi connectivity index (χ3v) is 3.41. The molecule has 0 fully saturated rings. The number of carbonyl (C=O) groups is 1. The molecule has 1 heterocycles. The molecule has 0 bridgehead atoms. The molecule has 0 saturated heterocycles. The predicted molar refractivity (Wildman–Crippen MR) is 85.4 cm³/mol. The van der Waals surface area contributed by atoms with Crippen LogP contribution in [-0.2, 0) is 15.7 Å². The van der Waals surface area contributed by atoms with E-state index in [9.17, 15) is 23.1 Å². The van der Waals surface area contributed by atoms with Crippen molar-refractivity contribution < 1.29 is 27.8 Å². The molecular formula is C15H13F3N2O3S. The number of halogens is 3. The summed E-state index contributed by atoms with van der Waals surface area (Å²) in [5.41, 5.74) is -0.997. The average molecular weight is 358 g/mol. The molecular weight excluding hydrogens is 345 g/mol. The van der Waals surface area contributed by atoms with Crippen molar-refractivity contribution in [2.45, 2.75) is 13.1 Å². The van der Waals surface area contributed by atoms with Crippen LogP contribution in [0, 0.1) is 0 Å². The minimum atomic E-state index is -4.63. The molecule has 24 heavy (non-hydrogen) atoms. The van der Waals surface area contributed by atoms with E-state index >= 15 is 0 Å². The number of rotatable bonds is 4. The van der Waals surface area contributed by atoms with Gasteiger partial charge in [0.1, 0.15) is 23.5 Å². The molecule has 0 atom stereocenters. The van der Waals surface area contributed by atoms with E-state index in [1.54, 1.807) is 6.92 Å². The highest BCUT2D eigenvalue weighted by Crippen LogP contribution is 2.33. The van der Waals surface area contributed by atoms with Crippen molar-refractivity contribution in [3.63, 3.8) is 0 Å². The van der Waals surface area contributed by atoms with E-state index in [4.69, 9.17) is 4.74 Å². The highest BCUT2D eigenvalue weighted by molar-refractivity contribution is 7.97. The fraction of sp³-hybridized carbons (Fsp3) is 0.267. The van der Waals surface area contributed by atoms with Gasteiger partial charge in [-0.05, 0) is 31.2 Å². The second-order valence-corrected chi connectivity index (χ2v) is 5.09. The molecule has 9 heteroatoms. The molecule has 0 saturated carbocycles. The standard InChI is InChI=1S/C15H13F3N2O3S/c1-2-23-12(22)7-19-14(24)9-3-5-10(21)13-8(9)4-6-11(20-13)15(16,17)18/h3-6,21H,2,7H2,1H3,(H,19,24). The van der Waals surface area contributed by atoms with E-state index in [1.807, 2.05) is 0 Å². The number of phenols is 1. The zero-order chi connectivity index (χ0) is 17.9. The monoisotopic (exact) mass is 358 g/mol. The lowest BCUT2D eigenvalue weighted by Gasteiger charge is -2.10. The van der Waals surface area contributed by atoms with Crippen LogP contribution >= 0.6 is 12.6 Å². The van der Waals surface area contributed by atoms with Crippen molar-refractivity contribution in [2.24, 2.45) is 4.99 Å². The number of hydrogen-bond donors (Lipinski definition) is 2. The first-order valence-corrected chi connectivity index (χ1v) is 7.28. The number of carbonyl (C=O) groups excluding carboxylic acids is 1. The van der Waals surface area contributed by atoms with Gasteiger partial charge >= 0.3 is 12.1 Å². The van der Waals surface area contributed by atoms with E-state index in [1.165, 1.54) is 18.2 Å². The van der Waals surface area contributed by atoms with Gasteiger partial charge in [0, 0.05) is 10.9 Å². The number of nitrogens with zero attached hydrogens (tertiary/aromatic N) is 2. The summed E-state index contributed by atoms with van der Waals surface area (Å²) in [7, 11) is 0. The lowest BCUT2D eigenvalue weighted by molar-refractivity contribution is -0.142. The van der Waals surface area contributed by atoms with Crippen LogP contribution in [0.3, 0.4) is 0 Å². The first kappa shape index (κ1) is 18.1. The number of thiol groups is 1. The van der Waals surface area contributed by atoms with Crippen molar-refractivity contribution in [1.82, 2.24) is 4.98 Å². The van der Waals surface area contributed by atoms with Crippen LogP contribution in [0.2, 0.25) is 0 Å². The van der Waals surface area contributed by atoms with Crippen LogP contribution in [0.15, 0.2) is 29.3 Å². The summed E-state index contributed by atoms with van der Waals surface area (Å²) < 4.78 is 43.0. The normalized spacial score (nSPS) is 12.5. The average Bonchev–Trinajstić information content (AvgIpc) is 2.52. The minimum Gasteiger partial charge on any atom is -0.506 e. The largest absolute Gasteiger partial charge is 0.506 e. The quantitative estimate of drug-likeness (QED) is 0.381. The Morgan fingerprint density at radius 1 is 1.33 bits per heavy atom. The van der Waals surface area contributed by atoms with Gasteiger partial charge in [0.25, 0.3) is 0 Å². The Hall–Kier alpha value is -2.29. The molecule has 0 aliphatic carbocycles. The molecule has 0 amide bonds. The molecule has 1 aromatic heterocycles. The van der Waals surface area contributed by atoms with E-state index < -0.39 is 23.6 Å². The summed E-state index contributed by atoms with van der Waals surface area (Å²) >= 11 is 4.17. The van der Waals surface area contributed by atoms with Crippen LogP contribution in [0.4, 0.5) is 13.2 Å². The van der Waals surface area contributed by atoms with Crippen LogP contribution < -0.4 is 0 Å². The van der Waals surface area contributed by atoms with Gasteiger partial charge in [-0.1, -0.05) is 0 Å². The van der Waals surface area contributed by atoms with Gasteiger partial charge in [-0.3, -0.25) is 9.79 Å². The summed E-state index contributed by atoms with van der Waals surface area (Å²) in [6, 6.07) is 4.61. The summed E-state index contributed by atoms with van der Waals surface area (Å²) in [5, 5.41) is 10.1. The Morgan fingerprint density at radius 3 is 2.67 bits per heavy atom. The van der Waals surface area contributed by atoms with Gasteiger partial charge in [-0.15, -0.1) is 12.6 Å². The third-order valence-electron chi connectivity index (χ3n) is 3.03. The smallest absolute Gasteiger partial charge is 0.433 e. The number of alkyl halides is 3. The Kier molecular flexibility index (Phi) is 5.33. The van der Waals surface area contributed by atoms with Crippen LogP contribution in [0.1, 0.15) is 18.2 Å². The van der Waals surface area contributed by atoms with Crippen molar-refractivity contribution in [1.29, 1.82) is 0 Å². The molecule has 2 aromatic rings. The molecule has 0 unspecified atom stereocenters. The number of hydrogen-bond acceptors (Lipinski definition) is 5. The number of ether oxygens (including phenoxy) is 1. The van der Waals surface area contributed by atoms with Crippen LogP contribution in [0.5, 0.6) is 5.75 Å². The maximum absolute atomic E-state index is 12.8. The summed E-state index contributed by atoms with van der Waals surface area (Å²) in [4.78, 5) is 18.7. The lowest BCUT2D eigenvalue weighted by Crippen LogP contribution is -2.10. The number of aromatic nitrogens is 1. The molecule has 2 rings (SSSR count).